The molecule has 0 aliphatic rings. The molecule has 0 aliphatic heterocycles. The van der Waals surface area contributed by atoms with E-state index in [1.54, 1.807) is 24.5 Å². The Hall–Kier alpha value is -2.16. The lowest BCUT2D eigenvalue weighted by atomic mass is 10.0. The number of benzene rings is 1. The summed E-state index contributed by atoms with van der Waals surface area (Å²) in [6, 6.07) is 12.2. The maximum absolute atomic E-state index is 12.5. The van der Waals surface area contributed by atoms with Crippen molar-refractivity contribution in [3.05, 3.63) is 65.5 Å². The average Bonchev–Trinajstić information content (AvgIpc) is 2.54. The summed E-state index contributed by atoms with van der Waals surface area (Å²) in [6.07, 6.45) is 5.12. The highest BCUT2D eigenvalue weighted by Crippen LogP contribution is 2.14. The number of likely N-dealkylation sites (N-methyl/N-ethyl adjacent to an activating group) is 1. The first-order valence-electron chi connectivity index (χ1n) is 7.34. The number of hydrogen-bond acceptors (Lipinski definition) is 2. The molecule has 0 radical (unpaired) electrons. The highest BCUT2D eigenvalue weighted by Gasteiger charge is 2.19. The van der Waals surface area contributed by atoms with Crippen LogP contribution < -0.4 is 0 Å². The van der Waals surface area contributed by atoms with Crippen LogP contribution in [-0.4, -0.2) is 28.9 Å². The molecule has 1 amide bonds. The van der Waals surface area contributed by atoms with Crippen LogP contribution in [0.1, 0.15) is 34.8 Å². The minimum absolute atomic E-state index is 0.0522. The molecule has 21 heavy (non-hydrogen) atoms. The van der Waals surface area contributed by atoms with Crippen LogP contribution >= 0.6 is 0 Å². The summed E-state index contributed by atoms with van der Waals surface area (Å²) in [5.41, 5.74) is 3.21. The number of carbonyl (C=O) groups is 1. The molecule has 0 fully saturated rings. The average molecular weight is 282 g/mol. The Bertz CT molecular complexity index is 578. The van der Waals surface area contributed by atoms with E-state index in [9.17, 15) is 4.79 Å². The first kappa shape index (κ1) is 15.2. The quantitative estimate of drug-likeness (QED) is 0.841. The second-order valence-electron chi connectivity index (χ2n) is 5.40. The van der Waals surface area contributed by atoms with Crippen molar-refractivity contribution in [1.82, 2.24) is 9.88 Å². The lowest BCUT2D eigenvalue weighted by Gasteiger charge is -2.27. The number of hydrogen-bond donors (Lipinski definition) is 0. The fourth-order valence-electron chi connectivity index (χ4n) is 2.42. The van der Waals surface area contributed by atoms with Crippen molar-refractivity contribution in [2.75, 3.05) is 7.05 Å². The number of nitrogens with zero attached hydrogens (tertiary/aromatic N) is 2. The molecule has 110 valence electrons. The van der Waals surface area contributed by atoms with Crippen molar-refractivity contribution in [3.63, 3.8) is 0 Å². The smallest absolute Gasteiger partial charge is 0.253 e. The van der Waals surface area contributed by atoms with E-state index >= 15 is 0 Å². The Morgan fingerprint density at radius 1 is 1.14 bits per heavy atom. The van der Waals surface area contributed by atoms with Gasteiger partial charge in [0, 0.05) is 31.0 Å². The molecular weight excluding hydrogens is 260 g/mol. The van der Waals surface area contributed by atoms with Gasteiger partial charge >= 0.3 is 0 Å². The van der Waals surface area contributed by atoms with Crippen molar-refractivity contribution in [2.24, 2.45) is 0 Å². The van der Waals surface area contributed by atoms with Crippen molar-refractivity contribution >= 4 is 5.91 Å². The molecule has 1 unspecified atom stereocenters. The minimum Gasteiger partial charge on any atom is -0.338 e. The third-order valence-electron chi connectivity index (χ3n) is 3.86. The lowest BCUT2D eigenvalue weighted by molar-refractivity contribution is 0.0727. The zero-order valence-corrected chi connectivity index (χ0v) is 12.9. The van der Waals surface area contributed by atoms with Crippen LogP contribution in [0.5, 0.6) is 0 Å². The molecule has 3 heteroatoms. The maximum Gasteiger partial charge on any atom is 0.253 e. The normalized spacial score (nSPS) is 12.0. The van der Waals surface area contributed by atoms with Crippen LogP contribution in [0.2, 0.25) is 0 Å². The van der Waals surface area contributed by atoms with E-state index in [1.807, 2.05) is 11.9 Å². The van der Waals surface area contributed by atoms with Gasteiger partial charge in [0.05, 0.1) is 0 Å². The number of carbonyl (C=O) groups excluding carboxylic acids is 1. The molecule has 0 aliphatic carbocycles. The summed E-state index contributed by atoms with van der Waals surface area (Å²) in [5, 5.41) is 0. The summed E-state index contributed by atoms with van der Waals surface area (Å²) < 4.78 is 0. The van der Waals surface area contributed by atoms with Gasteiger partial charge in [0.2, 0.25) is 0 Å². The summed E-state index contributed by atoms with van der Waals surface area (Å²) in [6.45, 7) is 4.20. The molecule has 1 heterocycles. The summed E-state index contributed by atoms with van der Waals surface area (Å²) in [5.74, 6) is 0.0522. The van der Waals surface area contributed by atoms with Gasteiger partial charge in [0.1, 0.15) is 0 Å². The number of pyridine rings is 1. The summed E-state index contributed by atoms with van der Waals surface area (Å²) >= 11 is 0. The number of aryl methyl sites for hydroxylation is 1. The van der Waals surface area contributed by atoms with E-state index in [0.717, 1.165) is 12.8 Å². The minimum atomic E-state index is 0.0522. The van der Waals surface area contributed by atoms with Crippen LogP contribution in [0.15, 0.2) is 48.8 Å². The first-order chi connectivity index (χ1) is 10.1. The Morgan fingerprint density at radius 3 is 2.33 bits per heavy atom. The van der Waals surface area contributed by atoms with E-state index in [2.05, 4.69) is 43.1 Å². The van der Waals surface area contributed by atoms with Crippen LogP contribution in [0.3, 0.4) is 0 Å². The molecule has 0 N–H and O–H groups in total. The zero-order valence-electron chi connectivity index (χ0n) is 12.9. The van der Waals surface area contributed by atoms with Crippen molar-refractivity contribution < 1.29 is 4.79 Å². The zero-order chi connectivity index (χ0) is 15.2. The van der Waals surface area contributed by atoms with Crippen molar-refractivity contribution in [3.8, 4) is 0 Å². The van der Waals surface area contributed by atoms with Gasteiger partial charge in [0.25, 0.3) is 5.91 Å². The van der Waals surface area contributed by atoms with E-state index in [-0.39, 0.29) is 11.9 Å². The molecule has 0 saturated heterocycles. The standard InChI is InChI=1S/C18H22N2O/c1-4-17(13-15-7-5-14(2)6-8-15)20(3)18(21)16-9-11-19-12-10-16/h5-12,17H,4,13H2,1-3H3. The summed E-state index contributed by atoms with van der Waals surface area (Å²) in [4.78, 5) is 18.3. The van der Waals surface area contributed by atoms with Gasteiger partial charge in [-0.05, 0) is 37.5 Å². The van der Waals surface area contributed by atoms with E-state index in [1.165, 1.54) is 11.1 Å². The van der Waals surface area contributed by atoms with Gasteiger partial charge in [-0.2, -0.15) is 0 Å². The maximum atomic E-state index is 12.5. The molecule has 1 atom stereocenters. The van der Waals surface area contributed by atoms with Gasteiger partial charge < -0.3 is 4.90 Å². The van der Waals surface area contributed by atoms with Crippen LogP contribution in [0.25, 0.3) is 0 Å². The predicted octanol–water partition coefficient (Wildman–Crippen LogP) is 3.48. The molecular formula is C18H22N2O. The third kappa shape index (κ3) is 3.91. The van der Waals surface area contributed by atoms with E-state index < -0.39 is 0 Å². The molecule has 2 aromatic rings. The number of rotatable bonds is 5. The van der Waals surface area contributed by atoms with Gasteiger partial charge in [0.15, 0.2) is 0 Å². The Kier molecular flexibility index (Phi) is 5.09. The highest BCUT2D eigenvalue weighted by molar-refractivity contribution is 5.94. The van der Waals surface area contributed by atoms with E-state index in [0.29, 0.717) is 5.56 Å². The molecule has 0 bridgehead atoms. The second kappa shape index (κ2) is 7.02. The summed E-state index contributed by atoms with van der Waals surface area (Å²) in [7, 11) is 1.88. The Labute approximate surface area is 126 Å². The van der Waals surface area contributed by atoms with Crippen molar-refractivity contribution in [2.45, 2.75) is 32.7 Å². The largest absolute Gasteiger partial charge is 0.338 e. The second-order valence-corrected chi connectivity index (χ2v) is 5.40. The molecule has 1 aromatic carbocycles. The molecule has 3 nitrogen and oxygen atoms in total. The topological polar surface area (TPSA) is 33.2 Å². The molecule has 2 rings (SSSR count). The van der Waals surface area contributed by atoms with Gasteiger partial charge in [-0.15, -0.1) is 0 Å². The molecule has 0 saturated carbocycles. The number of amides is 1. The van der Waals surface area contributed by atoms with E-state index in [4.69, 9.17) is 0 Å². The van der Waals surface area contributed by atoms with Crippen LogP contribution in [-0.2, 0) is 6.42 Å². The monoisotopic (exact) mass is 282 g/mol. The third-order valence-corrected chi connectivity index (χ3v) is 3.86. The number of aromatic nitrogens is 1. The van der Waals surface area contributed by atoms with Crippen LogP contribution in [0.4, 0.5) is 0 Å². The molecule has 1 aromatic heterocycles. The van der Waals surface area contributed by atoms with Crippen molar-refractivity contribution in [1.29, 1.82) is 0 Å². The van der Waals surface area contributed by atoms with Crippen LogP contribution in [0, 0.1) is 6.92 Å². The fourth-order valence-corrected chi connectivity index (χ4v) is 2.42. The molecule has 0 spiro atoms. The van der Waals surface area contributed by atoms with Gasteiger partial charge in [-0.3, -0.25) is 9.78 Å². The lowest BCUT2D eigenvalue weighted by Crippen LogP contribution is -2.38. The predicted molar refractivity (Wildman–Crippen MR) is 85.3 cm³/mol. The fraction of sp³-hybridized carbons (Fsp3) is 0.333. The Morgan fingerprint density at radius 2 is 1.76 bits per heavy atom. The van der Waals surface area contributed by atoms with Gasteiger partial charge in [-0.25, -0.2) is 0 Å². The highest BCUT2D eigenvalue weighted by atomic mass is 16.2. The first-order valence-corrected chi connectivity index (χ1v) is 7.34. The Balaban J connectivity index is 2.09. The van der Waals surface area contributed by atoms with Gasteiger partial charge in [-0.1, -0.05) is 36.8 Å². The SMILES string of the molecule is CCC(Cc1ccc(C)cc1)N(C)C(=O)c1ccncc1.